The van der Waals surface area contributed by atoms with E-state index in [4.69, 9.17) is 4.74 Å². The third-order valence-corrected chi connectivity index (χ3v) is 3.92. The van der Waals surface area contributed by atoms with Gasteiger partial charge in [0.1, 0.15) is 0 Å². The molecule has 3 nitrogen and oxygen atoms in total. The highest BCUT2D eigenvalue weighted by Crippen LogP contribution is 2.21. The SMILES string of the molecule is COCCNCCC=CCc1nc(-c2ccccc2)cs1. The Morgan fingerprint density at radius 1 is 1.19 bits per heavy atom. The maximum atomic E-state index is 4.98. The van der Waals surface area contributed by atoms with E-state index in [1.54, 1.807) is 18.4 Å². The zero-order valence-electron chi connectivity index (χ0n) is 12.4. The van der Waals surface area contributed by atoms with Gasteiger partial charge in [0.15, 0.2) is 0 Å². The van der Waals surface area contributed by atoms with Gasteiger partial charge in [-0.05, 0) is 13.0 Å². The number of ether oxygens (including phenoxy) is 1. The molecule has 0 saturated carbocycles. The zero-order valence-corrected chi connectivity index (χ0v) is 13.2. The van der Waals surface area contributed by atoms with Crippen LogP contribution in [0.25, 0.3) is 11.3 Å². The molecule has 0 aliphatic rings. The second kappa shape index (κ2) is 9.45. The number of thiazole rings is 1. The van der Waals surface area contributed by atoms with Crippen molar-refractivity contribution >= 4 is 11.3 Å². The molecule has 1 heterocycles. The molecule has 1 aromatic carbocycles. The molecule has 0 amide bonds. The Morgan fingerprint density at radius 2 is 2.05 bits per heavy atom. The molecular formula is C17H22N2OS. The van der Waals surface area contributed by atoms with Crippen molar-refractivity contribution in [3.8, 4) is 11.3 Å². The van der Waals surface area contributed by atoms with Crippen molar-refractivity contribution in [2.24, 2.45) is 0 Å². The topological polar surface area (TPSA) is 34.1 Å². The molecule has 2 aromatic rings. The minimum Gasteiger partial charge on any atom is -0.383 e. The molecule has 112 valence electrons. The molecule has 0 bridgehead atoms. The van der Waals surface area contributed by atoms with E-state index >= 15 is 0 Å². The number of nitrogens with zero attached hydrogens (tertiary/aromatic N) is 1. The highest BCUT2D eigenvalue weighted by Gasteiger charge is 2.02. The van der Waals surface area contributed by atoms with Gasteiger partial charge < -0.3 is 10.1 Å². The Bertz CT molecular complexity index is 537. The summed E-state index contributed by atoms with van der Waals surface area (Å²) in [4.78, 5) is 4.67. The number of benzene rings is 1. The minimum absolute atomic E-state index is 0.769. The maximum Gasteiger partial charge on any atom is 0.0970 e. The summed E-state index contributed by atoms with van der Waals surface area (Å²) in [6, 6.07) is 10.3. The van der Waals surface area contributed by atoms with Crippen LogP contribution in [0.2, 0.25) is 0 Å². The van der Waals surface area contributed by atoms with E-state index in [2.05, 4.69) is 40.0 Å². The molecule has 1 aromatic heterocycles. The first-order valence-corrected chi connectivity index (χ1v) is 8.12. The van der Waals surface area contributed by atoms with Crippen LogP contribution in [0.15, 0.2) is 47.9 Å². The summed E-state index contributed by atoms with van der Waals surface area (Å²) in [6.45, 7) is 2.68. The average Bonchev–Trinajstić information content (AvgIpc) is 3.00. The normalized spacial score (nSPS) is 11.3. The van der Waals surface area contributed by atoms with Crippen LogP contribution in [0.3, 0.4) is 0 Å². The molecular weight excluding hydrogens is 280 g/mol. The number of hydrogen-bond acceptors (Lipinski definition) is 4. The van der Waals surface area contributed by atoms with Crippen molar-refractivity contribution in [1.82, 2.24) is 10.3 Å². The van der Waals surface area contributed by atoms with Crippen molar-refractivity contribution in [3.05, 3.63) is 52.9 Å². The largest absolute Gasteiger partial charge is 0.383 e. The van der Waals surface area contributed by atoms with E-state index < -0.39 is 0 Å². The van der Waals surface area contributed by atoms with Gasteiger partial charge in [-0.15, -0.1) is 11.3 Å². The van der Waals surface area contributed by atoms with Gasteiger partial charge in [0.05, 0.1) is 17.3 Å². The van der Waals surface area contributed by atoms with E-state index in [0.29, 0.717) is 0 Å². The first-order chi connectivity index (χ1) is 10.4. The van der Waals surface area contributed by atoms with Gasteiger partial charge >= 0.3 is 0 Å². The Balaban J connectivity index is 1.71. The van der Waals surface area contributed by atoms with E-state index in [1.807, 2.05) is 18.2 Å². The molecule has 1 N–H and O–H groups in total. The van der Waals surface area contributed by atoms with Gasteiger partial charge in [-0.1, -0.05) is 42.5 Å². The van der Waals surface area contributed by atoms with Gasteiger partial charge in [0.25, 0.3) is 0 Å². The second-order valence-electron chi connectivity index (χ2n) is 4.70. The predicted octanol–water partition coefficient (Wildman–Crippen LogP) is 3.53. The summed E-state index contributed by atoms with van der Waals surface area (Å²) >= 11 is 1.72. The standard InChI is InChI=1S/C17H22N2OS/c1-20-13-12-18-11-7-3-6-10-17-19-16(14-21-17)15-8-4-2-5-9-15/h2-6,8-9,14,18H,7,10-13H2,1H3. The third kappa shape index (κ3) is 5.79. The van der Waals surface area contributed by atoms with Crippen LogP contribution in [0.5, 0.6) is 0 Å². The Morgan fingerprint density at radius 3 is 2.86 bits per heavy atom. The van der Waals surface area contributed by atoms with Gasteiger partial charge in [-0.3, -0.25) is 0 Å². The van der Waals surface area contributed by atoms with Crippen LogP contribution >= 0.6 is 11.3 Å². The van der Waals surface area contributed by atoms with Crippen LogP contribution in [0.1, 0.15) is 11.4 Å². The van der Waals surface area contributed by atoms with E-state index in [9.17, 15) is 0 Å². The van der Waals surface area contributed by atoms with Gasteiger partial charge in [-0.25, -0.2) is 4.98 Å². The summed E-state index contributed by atoms with van der Waals surface area (Å²) < 4.78 is 4.98. The molecule has 0 saturated heterocycles. The molecule has 0 spiro atoms. The molecule has 0 unspecified atom stereocenters. The van der Waals surface area contributed by atoms with Crippen LogP contribution in [0, 0.1) is 0 Å². The lowest BCUT2D eigenvalue weighted by Crippen LogP contribution is -2.19. The van der Waals surface area contributed by atoms with E-state index in [1.165, 1.54) is 5.56 Å². The lowest BCUT2D eigenvalue weighted by Gasteiger charge is -2.00. The molecule has 0 atom stereocenters. The molecule has 0 radical (unpaired) electrons. The molecule has 0 fully saturated rings. The lowest BCUT2D eigenvalue weighted by molar-refractivity contribution is 0.199. The highest BCUT2D eigenvalue weighted by molar-refractivity contribution is 7.10. The predicted molar refractivity (Wildman–Crippen MR) is 89.8 cm³/mol. The number of hydrogen-bond donors (Lipinski definition) is 1. The number of aromatic nitrogens is 1. The molecule has 0 aliphatic heterocycles. The number of allylic oxidation sites excluding steroid dienone is 1. The van der Waals surface area contributed by atoms with E-state index in [-0.39, 0.29) is 0 Å². The Hall–Kier alpha value is -1.49. The summed E-state index contributed by atoms with van der Waals surface area (Å²) in [7, 11) is 1.72. The van der Waals surface area contributed by atoms with Crippen molar-refractivity contribution in [2.45, 2.75) is 12.8 Å². The summed E-state index contributed by atoms with van der Waals surface area (Å²) in [5.74, 6) is 0. The fourth-order valence-electron chi connectivity index (χ4n) is 1.93. The molecule has 2 rings (SSSR count). The quantitative estimate of drug-likeness (QED) is 0.568. The summed E-state index contributed by atoms with van der Waals surface area (Å²) in [5.41, 5.74) is 2.26. The minimum atomic E-state index is 0.769. The van der Waals surface area contributed by atoms with Crippen LogP contribution in [-0.4, -0.2) is 31.8 Å². The molecule has 0 aliphatic carbocycles. The van der Waals surface area contributed by atoms with E-state index in [0.717, 1.165) is 43.2 Å². The number of methoxy groups -OCH3 is 1. The lowest BCUT2D eigenvalue weighted by atomic mass is 10.2. The second-order valence-corrected chi connectivity index (χ2v) is 5.64. The number of rotatable bonds is 9. The van der Waals surface area contributed by atoms with Crippen LogP contribution in [-0.2, 0) is 11.2 Å². The fourth-order valence-corrected chi connectivity index (χ4v) is 2.71. The van der Waals surface area contributed by atoms with Gasteiger partial charge in [0.2, 0.25) is 0 Å². The summed E-state index contributed by atoms with van der Waals surface area (Å²) in [6.07, 6.45) is 6.37. The zero-order chi connectivity index (χ0) is 14.8. The Labute approximate surface area is 130 Å². The first-order valence-electron chi connectivity index (χ1n) is 7.24. The first kappa shape index (κ1) is 15.9. The van der Waals surface area contributed by atoms with Crippen molar-refractivity contribution < 1.29 is 4.74 Å². The Kier molecular flexibility index (Phi) is 7.15. The van der Waals surface area contributed by atoms with Crippen molar-refractivity contribution in [2.75, 3.05) is 26.8 Å². The van der Waals surface area contributed by atoms with Crippen LogP contribution in [0.4, 0.5) is 0 Å². The molecule has 21 heavy (non-hydrogen) atoms. The van der Waals surface area contributed by atoms with Crippen molar-refractivity contribution in [3.63, 3.8) is 0 Å². The average molecular weight is 302 g/mol. The number of nitrogens with one attached hydrogen (secondary N) is 1. The molecule has 4 heteroatoms. The van der Waals surface area contributed by atoms with Crippen molar-refractivity contribution in [1.29, 1.82) is 0 Å². The maximum absolute atomic E-state index is 4.98. The fraction of sp³-hybridized carbons (Fsp3) is 0.353. The smallest absolute Gasteiger partial charge is 0.0970 e. The van der Waals surface area contributed by atoms with Gasteiger partial charge in [-0.2, -0.15) is 0 Å². The highest BCUT2D eigenvalue weighted by atomic mass is 32.1. The van der Waals surface area contributed by atoms with Gasteiger partial charge in [0, 0.05) is 31.0 Å². The monoisotopic (exact) mass is 302 g/mol. The third-order valence-electron chi connectivity index (χ3n) is 3.05. The summed E-state index contributed by atoms with van der Waals surface area (Å²) in [5, 5.41) is 6.62. The van der Waals surface area contributed by atoms with Crippen LogP contribution < -0.4 is 5.32 Å².